The van der Waals surface area contributed by atoms with Crippen LogP contribution in [-0.2, 0) is 16.6 Å². The van der Waals surface area contributed by atoms with Crippen molar-refractivity contribution in [1.82, 2.24) is 10.1 Å². The number of rotatable bonds is 5. The van der Waals surface area contributed by atoms with E-state index in [-0.39, 0.29) is 17.4 Å². The summed E-state index contributed by atoms with van der Waals surface area (Å²) in [5.41, 5.74) is 0.748. The number of aryl methyl sites for hydroxylation is 1. The fourth-order valence-electron chi connectivity index (χ4n) is 1.82. The van der Waals surface area contributed by atoms with E-state index in [0.717, 1.165) is 5.56 Å². The van der Waals surface area contributed by atoms with Crippen LogP contribution in [0.4, 0.5) is 0 Å². The second kappa shape index (κ2) is 5.82. The van der Waals surface area contributed by atoms with Crippen LogP contribution in [0.5, 0.6) is 5.75 Å². The van der Waals surface area contributed by atoms with Crippen molar-refractivity contribution in [3.63, 3.8) is 0 Å². The van der Waals surface area contributed by atoms with Crippen LogP contribution in [-0.4, -0.2) is 18.6 Å². The molecule has 0 unspecified atom stereocenters. The summed E-state index contributed by atoms with van der Waals surface area (Å²) in [6.07, 6.45) is 0. The lowest BCUT2D eigenvalue weighted by Crippen LogP contribution is -2.13. The first-order chi connectivity index (χ1) is 9.77. The van der Waals surface area contributed by atoms with Gasteiger partial charge in [0.25, 0.3) is 5.89 Å². The van der Waals surface area contributed by atoms with Crippen LogP contribution in [0.15, 0.2) is 27.6 Å². The molecule has 0 fully saturated rings. The highest BCUT2D eigenvalue weighted by atomic mass is 32.2. The third kappa shape index (κ3) is 3.79. The minimum absolute atomic E-state index is 0.0622. The second-order valence-corrected chi connectivity index (χ2v) is 6.48. The van der Waals surface area contributed by atoms with Gasteiger partial charge in [-0.25, -0.2) is 13.6 Å². The first-order valence-corrected chi connectivity index (χ1v) is 7.90. The average molecular weight is 311 g/mol. The zero-order valence-electron chi connectivity index (χ0n) is 12.0. The summed E-state index contributed by atoms with van der Waals surface area (Å²) in [6, 6.07) is 4.52. The highest BCUT2D eigenvalue weighted by Crippen LogP contribution is 2.29. The molecular weight excluding hydrogens is 294 g/mol. The Balaban J connectivity index is 2.26. The van der Waals surface area contributed by atoms with E-state index < -0.39 is 10.0 Å². The van der Waals surface area contributed by atoms with E-state index >= 15 is 0 Å². The summed E-state index contributed by atoms with van der Waals surface area (Å²) in [4.78, 5) is 4.10. The minimum atomic E-state index is -3.74. The second-order valence-electron chi connectivity index (χ2n) is 4.92. The molecule has 114 valence electrons. The van der Waals surface area contributed by atoms with Crippen LogP contribution in [0.1, 0.15) is 37.0 Å². The molecule has 21 heavy (non-hydrogen) atoms. The first kappa shape index (κ1) is 15.5. The molecule has 7 nitrogen and oxygen atoms in total. The maximum absolute atomic E-state index is 11.4. The number of nitrogens with zero attached hydrogens (tertiary/aromatic N) is 2. The summed E-state index contributed by atoms with van der Waals surface area (Å²) in [7, 11) is -3.74. The van der Waals surface area contributed by atoms with Gasteiger partial charge in [-0.2, -0.15) is 4.98 Å². The highest BCUT2D eigenvalue weighted by Gasteiger charge is 2.15. The van der Waals surface area contributed by atoms with Crippen molar-refractivity contribution in [2.45, 2.75) is 38.2 Å². The van der Waals surface area contributed by atoms with E-state index in [4.69, 9.17) is 14.4 Å². The van der Waals surface area contributed by atoms with Crippen molar-refractivity contribution >= 4 is 10.0 Å². The fourth-order valence-corrected chi connectivity index (χ4v) is 2.37. The molecule has 0 atom stereocenters. The molecule has 0 aliphatic rings. The molecule has 0 bridgehead atoms. The van der Waals surface area contributed by atoms with Crippen molar-refractivity contribution < 1.29 is 17.7 Å². The molecule has 0 aliphatic heterocycles. The number of primary sulfonamides is 1. The molecule has 0 saturated carbocycles. The Morgan fingerprint density at radius 1 is 1.38 bits per heavy atom. The van der Waals surface area contributed by atoms with Crippen LogP contribution in [0.3, 0.4) is 0 Å². The maximum atomic E-state index is 11.4. The SMILES string of the molecule is Cc1noc(COc2ccc(S(N)(=O)=O)cc2C(C)C)n1. The van der Waals surface area contributed by atoms with Crippen LogP contribution in [0, 0.1) is 6.92 Å². The molecule has 2 aromatic rings. The topological polar surface area (TPSA) is 108 Å². The number of sulfonamides is 1. The lowest BCUT2D eigenvalue weighted by Gasteiger charge is -2.14. The van der Waals surface area contributed by atoms with Gasteiger partial charge in [0.05, 0.1) is 4.90 Å². The van der Waals surface area contributed by atoms with E-state index in [1.54, 1.807) is 13.0 Å². The number of hydrogen-bond donors (Lipinski definition) is 1. The summed E-state index contributed by atoms with van der Waals surface area (Å²) < 4.78 is 33.4. The Labute approximate surface area is 123 Å². The lowest BCUT2D eigenvalue weighted by atomic mass is 10.0. The largest absolute Gasteiger partial charge is 0.483 e. The van der Waals surface area contributed by atoms with Crippen LogP contribution >= 0.6 is 0 Å². The molecule has 0 spiro atoms. The van der Waals surface area contributed by atoms with Gasteiger partial charge in [-0.1, -0.05) is 19.0 Å². The first-order valence-electron chi connectivity index (χ1n) is 6.36. The van der Waals surface area contributed by atoms with Gasteiger partial charge in [0.2, 0.25) is 10.0 Å². The normalized spacial score (nSPS) is 11.9. The zero-order valence-corrected chi connectivity index (χ0v) is 12.8. The molecule has 1 aromatic heterocycles. The third-order valence-electron chi connectivity index (χ3n) is 2.85. The molecule has 0 saturated heterocycles. The minimum Gasteiger partial charge on any atom is -0.483 e. The molecule has 0 radical (unpaired) electrons. The molecule has 2 N–H and O–H groups in total. The van der Waals surface area contributed by atoms with Gasteiger partial charge < -0.3 is 9.26 Å². The van der Waals surface area contributed by atoms with Gasteiger partial charge in [-0.15, -0.1) is 0 Å². The highest BCUT2D eigenvalue weighted by molar-refractivity contribution is 7.89. The summed E-state index contributed by atoms with van der Waals surface area (Å²) in [6.45, 7) is 5.71. The third-order valence-corrected chi connectivity index (χ3v) is 3.76. The number of ether oxygens (including phenoxy) is 1. The van der Waals surface area contributed by atoms with Gasteiger partial charge in [-0.3, -0.25) is 0 Å². The van der Waals surface area contributed by atoms with Crippen LogP contribution in [0.25, 0.3) is 0 Å². The van der Waals surface area contributed by atoms with E-state index in [9.17, 15) is 8.42 Å². The molecule has 0 amide bonds. The van der Waals surface area contributed by atoms with Crippen molar-refractivity contribution in [2.24, 2.45) is 5.14 Å². The predicted molar refractivity (Wildman–Crippen MR) is 75.3 cm³/mol. The molecule has 2 rings (SSSR count). The van der Waals surface area contributed by atoms with Crippen LogP contribution < -0.4 is 9.88 Å². The molecule has 1 heterocycles. The number of benzene rings is 1. The summed E-state index contributed by atoms with van der Waals surface area (Å²) in [5, 5.41) is 8.81. The molecule has 1 aromatic carbocycles. The number of nitrogens with two attached hydrogens (primary N) is 1. The standard InChI is InChI=1S/C13H17N3O4S/c1-8(2)11-6-10(21(14,17)18)4-5-12(11)19-7-13-15-9(3)16-20-13/h4-6,8H,7H2,1-3H3,(H2,14,17,18). The predicted octanol–water partition coefficient (Wildman–Crippen LogP) is 1.73. The Morgan fingerprint density at radius 3 is 2.62 bits per heavy atom. The van der Waals surface area contributed by atoms with Gasteiger partial charge in [-0.05, 0) is 36.6 Å². The Hall–Kier alpha value is -1.93. The lowest BCUT2D eigenvalue weighted by molar-refractivity contribution is 0.240. The maximum Gasteiger partial charge on any atom is 0.264 e. The monoisotopic (exact) mass is 311 g/mol. The van der Waals surface area contributed by atoms with Crippen molar-refractivity contribution in [3.8, 4) is 5.75 Å². The number of hydrogen-bond acceptors (Lipinski definition) is 6. The van der Waals surface area contributed by atoms with Crippen molar-refractivity contribution in [3.05, 3.63) is 35.5 Å². The molecule has 0 aliphatic carbocycles. The summed E-state index contributed by atoms with van der Waals surface area (Å²) in [5.74, 6) is 1.53. The smallest absolute Gasteiger partial charge is 0.264 e. The fraction of sp³-hybridized carbons (Fsp3) is 0.385. The van der Waals surface area contributed by atoms with E-state index in [1.807, 2.05) is 13.8 Å². The van der Waals surface area contributed by atoms with Crippen molar-refractivity contribution in [1.29, 1.82) is 0 Å². The van der Waals surface area contributed by atoms with E-state index in [2.05, 4.69) is 10.1 Å². The quantitative estimate of drug-likeness (QED) is 0.900. The van der Waals surface area contributed by atoms with Crippen molar-refractivity contribution in [2.75, 3.05) is 0 Å². The zero-order chi connectivity index (χ0) is 15.6. The molecule has 8 heteroatoms. The average Bonchev–Trinajstić information content (AvgIpc) is 2.80. The van der Waals surface area contributed by atoms with Crippen LogP contribution in [0.2, 0.25) is 0 Å². The summed E-state index contributed by atoms with van der Waals surface area (Å²) >= 11 is 0. The van der Waals surface area contributed by atoms with Gasteiger partial charge >= 0.3 is 0 Å². The van der Waals surface area contributed by atoms with Gasteiger partial charge in [0, 0.05) is 0 Å². The Morgan fingerprint density at radius 2 is 2.10 bits per heavy atom. The van der Waals surface area contributed by atoms with E-state index in [0.29, 0.717) is 17.5 Å². The Kier molecular flexibility index (Phi) is 4.29. The van der Waals surface area contributed by atoms with E-state index in [1.165, 1.54) is 12.1 Å². The van der Waals surface area contributed by atoms with Gasteiger partial charge in [0.15, 0.2) is 12.4 Å². The Bertz CT molecular complexity index is 738. The number of aromatic nitrogens is 2. The van der Waals surface area contributed by atoms with Gasteiger partial charge in [0.1, 0.15) is 5.75 Å². The molecular formula is C13H17N3O4S.